The minimum Gasteiger partial charge on any atom is -0.343 e. The highest BCUT2D eigenvalue weighted by atomic mass is 16.2. The number of pyridine rings is 1. The zero-order valence-corrected chi connectivity index (χ0v) is 11.9. The minimum absolute atomic E-state index is 0.192. The Balaban J connectivity index is 1.79. The van der Waals surface area contributed by atoms with Crippen molar-refractivity contribution >= 4 is 5.91 Å². The SMILES string of the molecule is CNC1(C)CCN(C(=O)CCc2ccccn2)CC1. The van der Waals surface area contributed by atoms with Crippen molar-refractivity contribution < 1.29 is 4.79 Å². The van der Waals surface area contributed by atoms with E-state index in [1.165, 1.54) is 0 Å². The highest BCUT2D eigenvalue weighted by molar-refractivity contribution is 5.76. The van der Waals surface area contributed by atoms with E-state index in [2.05, 4.69) is 17.2 Å². The number of piperidine rings is 1. The average Bonchev–Trinajstić information content (AvgIpc) is 2.47. The number of aryl methyl sites for hydroxylation is 1. The summed E-state index contributed by atoms with van der Waals surface area (Å²) in [4.78, 5) is 18.4. The summed E-state index contributed by atoms with van der Waals surface area (Å²) in [6.07, 6.45) is 5.13. The van der Waals surface area contributed by atoms with E-state index >= 15 is 0 Å². The number of aromatic nitrogens is 1. The highest BCUT2D eigenvalue weighted by Crippen LogP contribution is 2.21. The summed E-state index contributed by atoms with van der Waals surface area (Å²) in [6, 6.07) is 5.84. The van der Waals surface area contributed by atoms with Gasteiger partial charge in [0.1, 0.15) is 0 Å². The molecule has 0 unspecified atom stereocenters. The van der Waals surface area contributed by atoms with Crippen LogP contribution in [0.1, 0.15) is 31.9 Å². The molecule has 0 aliphatic carbocycles. The van der Waals surface area contributed by atoms with Gasteiger partial charge in [-0.25, -0.2) is 0 Å². The first-order chi connectivity index (χ1) is 9.13. The van der Waals surface area contributed by atoms with Crippen LogP contribution in [0.3, 0.4) is 0 Å². The van der Waals surface area contributed by atoms with Gasteiger partial charge in [0.15, 0.2) is 0 Å². The summed E-state index contributed by atoms with van der Waals surface area (Å²) in [5.74, 6) is 0.254. The molecule has 1 aliphatic heterocycles. The summed E-state index contributed by atoms with van der Waals surface area (Å²) < 4.78 is 0. The summed E-state index contributed by atoms with van der Waals surface area (Å²) in [5.41, 5.74) is 1.19. The molecule has 0 saturated carbocycles. The molecule has 1 amide bonds. The Labute approximate surface area is 115 Å². The van der Waals surface area contributed by atoms with Gasteiger partial charge in [0, 0.05) is 36.9 Å². The van der Waals surface area contributed by atoms with Crippen LogP contribution in [-0.4, -0.2) is 41.5 Å². The molecule has 1 fully saturated rings. The quantitative estimate of drug-likeness (QED) is 0.895. The fourth-order valence-corrected chi connectivity index (χ4v) is 2.44. The summed E-state index contributed by atoms with van der Waals surface area (Å²) in [7, 11) is 2.00. The summed E-state index contributed by atoms with van der Waals surface area (Å²) in [5, 5.41) is 3.35. The lowest BCUT2D eigenvalue weighted by Gasteiger charge is -2.39. The number of rotatable bonds is 4. The van der Waals surface area contributed by atoms with Crippen LogP contribution in [0.15, 0.2) is 24.4 Å². The van der Waals surface area contributed by atoms with Crippen molar-refractivity contribution in [3.8, 4) is 0 Å². The van der Waals surface area contributed by atoms with E-state index in [-0.39, 0.29) is 11.4 Å². The van der Waals surface area contributed by atoms with Crippen LogP contribution in [0.5, 0.6) is 0 Å². The van der Waals surface area contributed by atoms with Crippen molar-refractivity contribution in [1.82, 2.24) is 15.2 Å². The van der Waals surface area contributed by atoms with Gasteiger partial charge in [-0.15, -0.1) is 0 Å². The lowest BCUT2D eigenvalue weighted by atomic mass is 9.90. The van der Waals surface area contributed by atoms with Gasteiger partial charge in [0.05, 0.1) is 0 Å². The molecule has 2 heterocycles. The molecule has 0 aromatic carbocycles. The number of carbonyl (C=O) groups is 1. The summed E-state index contributed by atoms with van der Waals surface area (Å²) >= 11 is 0. The van der Waals surface area contributed by atoms with Gasteiger partial charge in [0.2, 0.25) is 5.91 Å². The molecule has 1 N–H and O–H groups in total. The zero-order valence-electron chi connectivity index (χ0n) is 11.9. The molecule has 1 aromatic rings. The van der Waals surface area contributed by atoms with E-state index in [1.807, 2.05) is 30.1 Å². The van der Waals surface area contributed by atoms with Crippen LogP contribution >= 0.6 is 0 Å². The maximum atomic E-state index is 12.1. The molecular formula is C15H23N3O. The van der Waals surface area contributed by atoms with Gasteiger partial charge in [-0.2, -0.15) is 0 Å². The third-order valence-corrected chi connectivity index (χ3v) is 4.14. The first-order valence-corrected chi connectivity index (χ1v) is 6.99. The van der Waals surface area contributed by atoms with Gasteiger partial charge in [0.25, 0.3) is 0 Å². The molecule has 2 rings (SSSR count). The molecule has 0 radical (unpaired) electrons. The normalized spacial score (nSPS) is 18.3. The third-order valence-electron chi connectivity index (χ3n) is 4.14. The van der Waals surface area contributed by atoms with Crippen molar-refractivity contribution in [3.63, 3.8) is 0 Å². The van der Waals surface area contributed by atoms with Crippen molar-refractivity contribution in [3.05, 3.63) is 30.1 Å². The second-order valence-corrected chi connectivity index (χ2v) is 5.51. The molecule has 104 valence electrons. The van der Waals surface area contributed by atoms with Gasteiger partial charge < -0.3 is 10.2 Å². The molecule has 0 bridgehead atoms. The molecule has 4 heteroatoms. The van der Waals surface area contributed by atoms with Crippen molar-refractivity contribution in [2.75, 3.05) is 20.1 Å². The van der Waals surface area contributed by atoms with Gasteiger partial charge >= 0.3 is 0 Å². The first kappa shape index (κ1) is 14.0. The molecule has 1 aliphatic rings. The fraction of sp³-hybridized carbons (Fsp3) is 0.600. The van der Waals surface area contributed by atoms with Crippen molar-refractivity contribution in [2.45, 2.75) is 38.1 Å². The topological polar surface area (TPSA) is 45.2 Å². The number of likely N-dealkylation sites (tertiary alicyclic amines) is 1. The Hall–Kier alpha value is -1.42. The number of hydrogen-bond donors (Lipinski definition) is 1. The number of amides is 1. The van der Waals surface area contributed by atoms with Crippen LogP contribution in [0, 0.1) is 0 Å². The Morgan fingerprint density at radius 1 is 1.42 bits per heavy atom. The zero-order chi connectivity index (χ0) is 13.7. The minimum atomic E-state index is 0.192. The first-order valence-electron chi connectivity index (χ1n) is 6.99. The maximum Gasteiger partial charge on any atom is 0.222 e. The van der Waals surface area contributed by atoms with Crippen LogP contribution in [0.2, 0.25) is 0 Å². The standard InChI is InChI=1S/C15H23N3O/c1-15(16-2)8-11-18(12-9-15)14(19)7-6-13-5-3-4-10-17-13/h3-5,10,16H,6-9,11-12H2,1-2H3. The Morgan fingerprint density at radius 3 is 2.74 bits per heavy atom. The monoisotopic (exact) mass is 261 g/mol. The van der Waals surface area contributed by atoms with E-state index in [0.29, 0.717) is 6.42 Å². The van der Waals surface area contributed by atoms with E-state index in [4.69, 9.17) is 0 Å². The molecule has 0 atom stereocenters. The number of carbonyl (C=O) groups excluding carboxylic acids is 1. The van der Waals surface area contributed by atoms with E-state index in [0.717, 1.165) is 38.0 Å². The van der Waals surface area contributed by atoms with E-state index in [1.54, 1.807) is 6.20 Å². The molecule has 19 heavy (non-hydrogen) atoms. The van der Waals surface area contributed by atoms with Crippen LogP contribution in [0.25, 0.3) is 0 Å². The van der Waals surface area contributed by atoms with Crippen LogP contribution in [0.4, 0.5) is 0 Å². The Kier molecular flexibility index (Phi) is 4.53. The molecule has 4 nitrogen and oxygen atoms in total. The third kappa shape index (κ3) is 3.77. The van der Waals surface area contributed by atoms with Crippen molar-refractivity contribution in [1.29, 1.82) is 0 Å². The molecule has 0 spiro atoms. The number of nitrogens with one attached hydrogen (secondary N) is 1. The Bertz CT molecular complexity index is 411. The van der Waals surface area contributed by atoms with E-state index < -0.39 is 0 Å². The number of hydrogen-bond acceptors (Lipinski definition) is 3. The van der Waals surface area contributed by atoms with Crippen LogP contribution in [-0.2, 0) is 11.2 Å². The maximum absolute atomic E-state index is 12.1. The van der Waals surface area contributed by atoms with Gasteiger partial charge in [-0.05, 0) is 45.4 Å². The van der Waals surface area contributed by atoms with Gasteiger partial charge in [-0.3, -0.25) is 9.78 Å². The molecule has 1 aromatic heterocycles. The highest BCUT2D eigenvalue weighted by Gasteiger charge is 2.29. The smallest absolute Gasteiger partial charge is 0.222 e. The predicted octanol–water partition coefficient (Wildman–Crippen LogP) is 1.61. The van der Waals surface area contributed by atoms with Crippen molar-refractivity contribution in [2.24, 2.45) is 0 Å². The Morgan fingerprint density at radius 2 is 2.16 bits per heavy atom. The van der Waals surface area contributed by atoms with Gasteiger partial charge in [-0.1, -0.05) is 6.07 Å². The predicted molar refractivity (Wildman–Crippen MR) is 75.8 cm³/mol. The largest absolute Gasteiger partial charge is 0.343 e. The lowest BCUT2D eigenvalue weighted by Crippen LogP contribution is -2.51. The van der Waals surface area contributed by atoms with E-state index in [9.17, 15) is 4.79 Å². The molecule has 1 saturated heterocycles. The average molecular weight is 261 g/mol. The summed E-state index contributed by atoms with van der Waals surface area (Å²) in [6.45, 7) is 3.94. The molecular weight excluding hydrogens is 238 g/mol. The lowest BCUT2D eigenvalue weighted by molar-refractivity contribution is -0.132. The second-order valence-electron chi connectivity index (χ2n) is 5.51. The second kappa shape index (κ2) is 6.15. The van der Waals surface area contributed by atoms with Crippen LogP contribution < -0.4 is 5.32 Å². The fourth-order valence-electron chi connectivity index (χ4n) is 2.44. The number of nitrogens with zero attached hydrogens (tertiary/aromatic N) is 2.